The van der Waals surface area contributed by atoms with Crippen molar-refractivity contribution in [3.05, 3.63) is 0 Å². The maximum atomic E-state index is 10.9. The lowest BCUT2D eigenvalue weighted by Crippen LogP contribution is -2.46. The highest BCUT2D eigenvalue weighted by Gasteiger charge is 2.23. The van der Waals surface area contributed by atoms with Crippen LogP contribution in [0.25, 0.3) is 0 Å². The molecule has 0 radical (unpaired) electrons. The summed E-state index contributed by atoms with van der Waals surface area (Å²) in [6.07, 6.45) is 1.43. The molecular weight excluding hydrogens is 308 g/mol. The number of nitrogens with zero attached hydrogens (tertiary/aromatic N) is 4. The first-order chi connectivity index (χ1) is 10.9. The van der Waals surface area contributed by atoms with Crippen LogP contribution in [0.2, 0.25) is 0 Å². The molecule has 0 aromatic rings. The highest BCUT2D eigenvalue weighted by Crippen LogP contribution is 2.04. The Kier molecular flexibility index (Phi) is 8.33. The molecule has 0 aromatic heterocycles. The third-order valence-corrected chi connectivity index (χ3v) is 3.32. The molecule has 0 aromatic carbocycles. The van der Waals surface area contributed by atoms with E-state index in [4.69, 9.17) is 10.2 Å². The number of hydrogen-bond acceptors (Lipinski definition) is 8. The Balaban J connectivity index is 2.88. The van der Waals surface area contributed by atoms with Gasteiger partial charge in [0.2, 0.25) is 0 Å². The molecule has 0 unspecified atom stereocenters. The van der Waals surface area contributed by atoms with E-state index in [1.54, 1.807) is 19.6 Å². The molecular formula is C13H22N4O6. The van der Waals surface area contributed by atoms with E-state index in [0.717, 1.165) is 0 Å². The molecule has 2 N–H and O–H groups in total. The van der Waals surface area contributed by atoms with Crippen molar-refractivity contribution in [1.82, 2.24) is 19.6 Å². The lowest BCUT2D eigenvalue weighted by atomic mass is 10.4. The zero-order valence-electron chi connectivity index (χ0n) is 12.8. The van der Waals surface area contributed by atoms with Crippen molar-refractivity contribution >= 4 is 24.5 Å². The molecule has 0 bridgehead atoms. The van der Waals surface area contributed by atoms with Crippen LogP contribution in [0.4, 0.5) is 0 Å². The Morgan fingerprint density at radius 2 is 1.09 bits per heavy atom. The minimum Gasteiger partial charge on any atom is -0.480 e. The molecule has 1 aliphatic heterocycles. The van der Waals surface area contributed by atoms with E-state index >= 15 is 0 Å². The summed E-state index contributed by atoms with van der Waals surface area (Å²) in [7, 11) is 0. The third kappa shape index (κ3) is 7.79. The predicted octanol–water partition coefficient (Wildman–Crippen LogP) is -2.35. The summed E-state index contributed by atoms with van der Waals surface area (Å²) in [6, 6.07) is 0. The number of aldehydes is 2. The van der Waals surface area contributed by atoms with Crippen LogP contribution in [0.5, 0.6) is 0 Å². The summed E-state index contributed by atoms with van der Waals surface area (Å²) in [5.41, 5.74) is 0. The van der Waals surface area contributed by atoms with Gasteiger partial charge in [-0.3, -0.25) is 29.2 Å². The summed E-state index contributed by atoms with van der Waals surface area (Å²) >= 11 is 0. The van der Waals surface area contributed by atoms with E-state index in [-0.39, 0.29) is 46.2 Å². The number of hydrogen-bond donors (Lipinski definition) is 2. The second-order valence-electron chi connectivity index (χ2n) is 5.36. The summed E-state index contributed by atoms with van der Waals surface area (Å²) < 4.78 is 0. The fourth-order valence-corrected chi connectivity index (χ4v) is 2.44. The van der Waals surface area contributed by atoms with Crippen LogP contribution in [0.3, 0.4) is 0 Å². The number of aliphatic carboxylic acids is 2. The van der Waals surface area contributed by atoms with Gasteiger partial charge in [0.15, 0.2) is 0 Å². The van der Waals surface area contributed by atoms with Crippen LogP contribution in [0, 0.1) is 0 Å². The van der Waals surface area contributed by atoms with Crippen molar-refractivity contribution in [1.29, 1.82) is 0 Å². The van der Waals surface area contributed by atoms with E-state index < -0.39 is 11.9 Å². The van der Waals surface area contributed by atoms with Crippen LogP contribution >= 0.6 is 0 Å². The van der Waals surface area contributed by atoms with Crippen molar-refractivity contribution in [2.75, 3.05) is 59.3 Å². The zero-order valence-corrected chi connectivity index (χ0v) is 12.8. The fourth-order valence-electron chi connectivity index (χ4n) is 2.44. The number of carboxylic acids is 2. The number of carbonyl (C=O) groups is 4. The van der Waals surface area contributed by atoms with Gasteiger partial charge in [-0.05, 0) is 0 Å². The zero-order chi connectivity index (χ0) is 17.2. The fraction of sp³-hybridized carbons (Fsp3) is 0.692. The third-order valence-electron chi connectivity index (χ3n) is 3.32. The molecule has 0 saturated carbocycles. The van der Waals surface area contributed by atoms with Crippen molar-refractivity contribution in [3.8, 4) is 0 Å². The van der Waals surface area contributed by atoms with Gasteiger partial charge < -0.3 is 19.8 Å². The number of rotatable bonds is 8. The molecule has 1 fully saturated rings. The van der Waals surface area contributed by atoms with Gasteiger partial charge in [0.05, 0.1) is 46.2 Å². The Morgan fingerprint density at radius 1 is 0.739 bits per heavy atom. The van der Waals surface area contributed by atoms with Crippen molar-refractivity contribution in [3.63, 3.8) is 0 Å². The Morgan fingerprint density at radius 3 is 1.39 bits per heavy atom. The van der Waals surface area contributed by atoms with E-state index in [2.05, 4.69) is 0 Å². The van der Waals surface area contributed by atoms with E-state index in [9.17, 15) is 19.2 Å². The van der Waals surface area contributed by atoms with Crippen molar-refractivity contribution in [2.24, 2.45) is 0 Å². The van der Waals surface area contributed by atoms with Gasteiger partial charge in [-0.2, -0.15) is 0 Å². The molecule has 0 atom stereocenters. The van der Waals surface area contributed by atoms with Crippen LogP contribution < -0.4 is 0 Å². The average molecular weight is 330 g/mol. The summed E-state index contributed by atoms with van der Waals surface area (Å²) in [6.45, 7) is 1.27. The Bertz CT molecular complexity index is 395. The molecule has 0 aliphatic carbocycles. The first kappa shape index (κ1) is 19.2. The number of carboxylic acid groups (broad SMARTS) is 2. The summed E-state index contributed by atoms with van der Waals surface area (Å²) in [4.78, 5) is 50.2. The topological polar surface area (TPSA) is 122 Å². The van der Waals surface area contributed by atoms with E-state index in [1.165, 1.54) is 0 Å². The minimum atomic E-state index is -0.996. The van der Waals surface area contributed by atoms with Crippen molar-refractivity contribution < 1.29 is 29.4 Å². The lowest BCUT2D eigenvalue weighted by molar-refractivity contribution is -0.140. The smallest absolute Gasteiger partial charge is 0.317 e. The Hall–Kier alpha value is -1.88. The van der Waals surface area contributed by atoms with E-state index in [0.29, 0.717) is 25.7 Å². The molecule has 130 valence electrons. The lowest BCUT2D eigenvalue weighted by Gasteiger charge is -2.30. The standard InChI is InChI=1S/C13H22N4O6/c18-5-3-16-9-14(7-12(20)21)1-2-15(8-13(22)23)10-17(11-16)4-6-19/h5-6H,1-4,7-11H2,(H,20,21)(H,22,23). The van der Waals surface area contributed by atoms with Crippen LogP contribution in [0.15, 0.2) is 0 Å². The molecule has 1 rings (SSSR count). The van der Waals surface area contributed by atoms with Gasteiger partial charge in [-0.15, -0.1) is 0 Å². The highest BCUT2D eigenvalue weighted by atomic mass is 16.4. The molecule has 1 heterocycles. The molecule has 0 spiro atoms. The second-order valence-corrected chi connectivity index (χ2v) is 5.36. The SMILES string of the molecule is O=CCN1CN(CC(=O)O)CCN(CC(=O)O)CN(CC=O)C1. The van der Waals surface area contributed by atoms with Gasteiger partial charge in [0, 0.05) is 13.1 Å². The second kappa shape index (κ2) is 10.0. The van der Waals surface area contributed by atoms with Gasteiger partial charge >= 0.3 is 11.9 Å². The summed E-state index contributed by atoms with van der Waals surface area (Å²) in [5.74, 6) is -1.99. The largest absolute Gasteiger partial charge is 0.480 e. The molecule has 0 amide bonds. The Labute approximate surface area is 133 Å². The van der Waals surface area contributed by atoms with Gasteiger partial charge in [0.25, 0.3) is 0 Å². The van der Waals surface area contributed by atoms with E-state index in [1.807, 2.05) is 0 Å². The molecule has 1 aliphatic rings. The predicted molar refractivity (Wildman–Crippen MR) is 78.6 cm³/mol. The molecule has 10 nitrogen and oxygen atoms in total. The monoisotopic (exact) mass is 330 g/mol. The normalized spacial score (nSPS) is 19.5. The van der Waals surface area contributed by atoms with Crippen LogP contribution in [-0.4, -0.2) is 114 Å². The van der Waals surface area contributed by atoms with Crippen LogP contribution in [-0.2, 0) is 19.2 Å². The molecule has 23 heavy (non-hydrogen) atoms. The first-order valence-corrected chi connectivity index (χ1v) is 7.15. The minimum absolute atomic E-state index is 0.102. The molecule has 1 saturated heterocycles. The maximum Gasteiger partial charge on any atom is 0.317 e. The van der Waals surface area contributed by atoms with Crippen molar-refractivity contribution in [2.45, 2.75) is 0 Å². The van der Waals surface area contributed by atoms with Gasteiger partial charge in [0.1, 0.15) is 12.6 Å². The quantitative estimate of drug-likeness (QED) is 0.468. The van der Waals surface area contributed by atoms with Crippen LogP contribution in [0.1, 0.15) is 0 Å². The maximum absolute atomic E-state index is 10.9. The average Bonchev–Trinajstić information content (AvgIpc) is 2.49. The van der Waals surface area contributed by atoms with Gasteiger partial charge in [-0.1, -0.05) is 0 Å². The van der Waals surface area contributed by atoms with Gasteiger partial charge in [-0.25, -0.2) is 0 Å². The highest BCUT2D eigenvalue weighted by molar-refractivity contribution is 5.69. The molecule has 10 heteroatoms. The summed E-state index contributed by atoms with van der Waals surface area (Å²) in [5, 5.41) is 17.9. The number of carbonyl (C=O) groups excluding carboxylic acids is 2. The first-order valence-electron chi connectivity index (χ1n) is 7.15.